The van der Waals surface area contributed by atoms with Crippen molar-refractivity contribution in [2.45, 2.75) is 52.9 Å². The van der Waals surface area contributed by atoms with Crippen molar-refractivity contribution in [3.63, 3.8) is 0 Å². The summed E-state index contributed by atoms with van der Waals surface area (Å²) in [4.78, 5) is 17.6. The molecule has 3 rings (SSSR count). The monoisotopic (exact) mass is 422 g/mol. The fourth-order valence-electron chi connectivity index (χ4n) is 3.48. The van der Waals surface area contributed by atoms with Crippen molar-refractivity contribution >= 4 is 22.9 Å². The molecular weight excluding hydrogens is 392 g/mol. The zero-order chi connectivity index (χ0) is 21.7. The van der Waals surface area contributed by atoms with Crippen LogP contribution in [0.3, 0.4) is 0 Å². The minimum atomic E-state index is -0.0417. The zero-order valence-corrected chi connectivity index (χ0v) is 19.2. The fourth-order valence-corrected chi connectivity index (χ4v) is 4.33. The molecule has 1 heterocycles. The molecule has 0 fully saturated rings. The molecule has 1 N–H and O–H groups in total. The molecule has 1 aromatic heterocycles. The first-order valence-electron chi connectivity index (χ1n) is 10.5. The Hall–Kier alpha value is -2.66. The molecule has 0 saturated heterocycles. The van der Waals surface area contributed by atoms with Crippen LogP contribution in [0.15, 0.2) is 47.8 Å². The second-order valence-electron chi connectivity index (χ2n) is 7.92. The second kappa shape index (κ2) is 9.90. The molecule has 5 heteroatoms. The third kappa shape index (κ3) is 5.08. The lowest BCUT2D eigenvalue weighted by atomic mass is 9.92. The number of aromatic nitrogens is 1. The Morgan fingerprint density at radius 1 is 1.03 bits per heavy atom. The Morgan fingerprint density at radius 3 is 2.33 bits per heavy atom. The average molecular weight is 423 g/mol. The van der Waals surface area contributed by atoms with Gasteiger partial charge in [0.25, 0.3) is 0 Å². The molecule has 1 amide bonds. The number of carbonyl (C=O) groups is 1. The van der Waals surface area contributed by atoms with Crippen LogP contribution in [0.2, 0.25) is 0 Å². The molecule has 0 radical (unpaired) electrons. The molecule has 30 heavy (non-hydrogen) atoms. The smallest absolute Gasteiger partial charge is 0.230 e. The van der Waals surface area contributed by atoms with Gasteiger partial charge < -0.3 is 10.1 Å². The molecule has 0 aliphatic rings. The predicted molar refractivity (Wildman–Crippen MR) is 126 cm³/mol. The van der Waals surface area contributed by atoms with E-state index in [1.165, 1.54) is 22.5 Å². The van der Waals surface area contributed by atoms with Crippen molar-refractivity contribution in [3.8, 4) is 16.3 Å². The summed E-state index contributed by atoms with van der Waals surface area (Å²) in [6.45, 7) is 11.2. The summed E-state index contributed by atoms with van der Waals surface area (Å²) in [7, 11) is 0. The van der Waals surface area contributed by atoms with Gasteiger partial charge in [-0.1, -0.05) is 58.0 Å². The van der Waals surface area contributed by atoms with Gasteiger partial charge in [0, 0.05) is 11.1 Å². The predicted octanol–water partition coefficient (Wildman–Crippen LogP) is 6.64. The number of nitrogens with zero attached hydrogens (tertiary/aromatic N) is 1. The minimum absolute atomic E-state index is 0.0417. The third-order valence-electron chi connectivity index (χ3n) is 4.95. The maximum absolute atomic E-state index is 12.9. The van der Waals surface area contributed by atoms with E-state index >= 15 is 0 Å². The molecule has 0 bridgehead atoms. The first-order valence-corrected chi connectivity index (χ1v) is 11.4. The Labute approximate surface area is 183 Å². The number of benzene rings is 2. The number of nitrogens with one attached hydrogen (secondary N) is 1. The lowest BCUT2D eigenvalue weighted by molar-refractivity contribution is -0.115. The Balaban J connectivity index is 1.79. The first kappa shape index (κ1) is 22.0. The van der Waals surface area contributed by atoms with E-state index in [2.05, 4.69) is 51.2 Å². The Morgan fingerprint density at radius 2 is 1.70 bits per heavy atom. The molecule has 0 atom stereocenters. The fraction of sp³-hybridized carbons (Fsp3) is 0.360. The Kier molecular flexibility index (Phi) is 7.27. The van der Waals surface area contributed by atoms with Gasteiger partial charge in [-0.2, -0.15) is 0 Å². The lowest BCUT2D eigenvalue weighted by Gasteiger charge is -2.20. The van der Waals surface area contributed by atoms with Crippen LogP contribution >= 0.6 is 11.3 Å². The SMILES string of the molecule is CCOc1ccccc1-c1nc(CC(=O)Nc2c(C(C)C)cccc2C(C)C)cs1. The maximum atomic E-state index is 12.9. The number of ether oxygens (including phenoxy) is 1. The highest BCUT2D eigenvalue weighted by Crippen LogP contribution is 2.34. The standard InChI is InChI=1S/C25H30N2O2S/c1-6-29-22-13-8-7-10-21(22)25-26-18(15-30-25)14-23(28)27-24-19(16(2)3)11-9-12-20(24)17(4)5/h7-13,15-17H,6,14H2,1-5H3,(H,27,28). The number of rotatable bonds is 8. The number of thiazole rings is 1. The first-order chi connectivity index (χ1) is 14.4. The van der Waals surface area contributed by atoms with Crippen molar-refractivity contribution in [2.24, 2.45) is 0 Å². The molecular formula is C25H30N2O2S. The van der Waals surface area contributed by atoms with E-state index in [-0.39, 0.29) is 12.3 Å². The number of hydrogen-bond donors (Lipinski definition) is 1. The molecule has 0 aliphatic carbocycles. The largest absolute Gasteiger partial charge is 0.493 e. The number of carbonyl (C=O) groups excluding carboxylic acids is 1. The minimum Gasteiger partial charge on any atom is -0.493 e. The molecule has 0 spiro atoms. The van der Waals surface area contributed by atoms with Gasteiger partial charge in [-0.15, -0.1) is 11.3 Å². The van der Waals surface area contributed by atoms with Gasteiger partial charge in [-0.25, -0.2) is 4.98 Å². The normalized spacial score (nSPS) is 11.2. The van der Waals surface area contributed by atoms with Gasteiger partial charge in [0.05, 0.1) is 24.3 Å². The highest BCUT2D eigenvalue weighted by atomic mass is 32.1. The van der Waals surface area contributed by atoms with Crippen LogP contribution in [-0.2, 0) is 11.2 Å². The number of para-hydroxylation sites is 2. The van der Waals surface area contributed by atoms with Crippen molar-refractivity contribution in [3.05, 3.63) is 64.7 Å². The van der Waals surface area contributed by atoms with Gasteiger partial charge in [-0.05, 0) is 42.0 Å². The topological polar surface area (TPSA) is 51.2 Å². The summed E-state index contributed by atoms with van der Waals surface area (Å²) in [6, 6.07) is 14.1. The molecule has 0 saturated carbocycles. The van der Waals surface area contributed by atoms with Gasteiger partial charge in [0.2, 0.25) is 5.91 Å². The van der Waals surface area contributed by atoms with Gasteiger partial charge in [-0.3, -0.25) is 4.79 Å². The van der Waals surface area contributed by atoms with Crippen LogP contribution in [0.1, 0.15) is 63.3 Å². The van der Waals surface area contributed by atoms with E-state index in [0.29, 0.717) is 18.4 Å². The zero-order valence-electron chi connectivity index (χ0n) is 18.4. The summed E-state index contributed by atoms with van der Waals surface area (Å²) in [5, 5.41) is 5.99. The van der Waals surface area contributed by atoms with Crippen molar-refractivity contribution in [1.82, 2.24) is 4.98 Å². The van der Waals surface area contributed by atoms with E-state index in [9.17, 15) is 4.79 Å². The molecule has 4 nitrogen and oxygen atoms in total. The highest BCUT2D eigenvalue weighted by molar-refractivity contribution is 7.13. The van der Waals surface area contributed by atoms with Gasteiger partial charge in [0.1, 0.15) is 10.8 Å². The summed E-state index contributed by atoms with van der Waals surface area (Å²) in [5.41, 5.74) is 5.01. The van der Waals surface area contributed by atoms with E-state index in [1.807, 2.05) is 36.6 Å². The van der Waals surface area contributed by atoms with Crippen LogP contribution in [0.5, 0.6) is 5.75 Å². The highest BCUT2D eigenvalue weighted by Gasteiger charge is 2.17. The van der Waals surface area contributed by atoms with E-state index in [0.717, 1.165) is 27.7 Å². The summed E-state index contributed by atoms with van der Waals surface area (Å²) < 4.78 is 5.72. The van der Waals surface area contributed by atoms with Crippen LogP contribution in [0.4, 0.5) is 5.69 Å². The summed E-state index contributed by atoms with van der Waals surface area (Å²) in [6.07, 6.45) is 0.247. The van der Waals surface area contributed by atoms with Gasteiger partial charge in [0.15, 0.2) is 0 Å². The number of hydrogen-bond acceptors (Lipinski definition) is 4. The van der Waals surface area contributed by atoms with Crippen LogP contribution in [0, 0.1) is 0 Å². The molecule has 3 aromatic rings. The summed E-state index contributed by atoms with van der Waals surface area (Å²) in [5.74, 6) is 1.44. The van der Waals surface area contributed by atoms with Crippen LogP contribution in [0.25, 0.3) is 10.6 Å². The van der Waals surface area contributed by atoms with Crippen LogP contribution < -0.4 is 10.1 Å². The second-order valence-corrected chi connectivity index (χ2v) is 8.78. The quantitative estimate of drug-likeness (QED) is 0.443. The molecule has 0 aliphatic heterocycles. The van der Waals surface area contributed by atoms with E-state index in [4.69, 9.17) is 9.72 Å². The third-order valence-corrected chi connectivity index (χ3v) is 5.87. The maximum Gasteiger partial charge on any atom is 0.230 e. The number of anilines is 1. The molecule has 2 aromatic carbocycles. The van der Waals surface area contributed by atoms with Crippen molar-refractivity contribution in [2.75, 3.05) is 11.9 Å². The van der Waals surface area contributed by atoms with Crippen molar-refractivity contribution < 1.29 is 9.53 Å². The molecule has 0 unspecified atom stereocenters. The van der Waals surface area contributed by atoms with Crippen LogP contribution in [-0.4, -0.2) is 17.5 Å². The van der Waals surface area contributed by atoms with E-state index in [1.54, 1.807) is 0 Å². The summed E-state index contributed by atoms with van der Waals surface area (Å²) >= 11 is 1.54. The van der Waals surface area contributed by atoms with Gasteiger partial charge >= 0.3 is 0 Å². The molecule has 158 valence electrons. The number of amides is 1. The average Bonchev–Trinajstić information content (AvgIpc) is 3.16. The van der Waals surface area contributed by atoms with E-state index < -0.39 is 0 Å². The Bertz CT molecular complexity index is 982. The van der Waals surface area contributed by atoms with Crippen molar-refractivity contribution in [1.29, 1.82) is 0 Å². The lowest BCUT2D eigenvalue weighted by Crippen LogP contribution is -2.18.